The van der Waals surface area contributed by atoms with Gasteiger partial charge in [-0.2, -0.15) is 0 Å². The van der Waals surface area contributed by atoms with Gasteiger partial charge in [-0.1, -0.05) is 6.07 Å². The number of hydrogen-bond donors (Lipinski definition) is 1. The molecule has 1 aromatic heterocycles. The summed E-state index contributed by atoms with van der Waals surface area (Å²) in [5, 5.41) is 9.23. The van der Waals surface area contributed by atoms with Crippen LogP contribution in [0.3, 0.4) is 0 Å². The van der Waals surface area contributed by atoms with Gasteiger partial charge >= 0.3 is 5.97 Å². The maximum atomic E-state index is 13.7. The van der Waals surface area contributed by atoms with Gasteiger partial charge in [-0.05, 0) is 38.5 Å². The molecular formula is C15H14FNO3. The molecule has 104 valence electrons. The molecule has 0 radical (unpaired) electrons. The molecule has 5 heteroatoms. The summed E-state index contributed by atoms with van der Waals surface area (Å²) in [6.07, 6.45) is 0. The first-order valence-electron chi connectivity index (χ1n) is 6.04. The van der Waals surface area contributed by atoms with Gasteiger partial charge in [-0.3, -0.25) is 4.98 Å². The number of carboxylic acid groups (broad SMARTS) is 1. The van der Waals surface area contributed by atoms with Gasteiger partial charge in [0.2, 0.25) is 0 Å². The van der Waals surface area contributed by atoms with E-state index in [1.807, 2.05) is 0 Å². The number of carbonyl (C=O) groups is 1. The lowest BCUT2D eigenvalue weighted by molar-refractivity contribution is 0.0692. The number of pyridine rings is 1. The fourth-order valence-electron chi connectivity index (χ4n) is 1.94. The molecule has 0 unspecified atom stereocenters. The molecule has 2 rings (SSSR count). The average Bonchev–Trinajstić information content (AvgIpc) is 2.32. The minimum Gasteiger partial charge on any atom is -0.477 e. The first-order valence-corrected chi connectivity index (χ1v) is 6.04. The van der Waals surface area contributed by atoms with Crippen molar-refractivity contribution in [1.82, 2.24) is 4.98 Å². The number of benzene rings is 1. The van der Waals surface area contributed by atoms with Gasteiger partial charge in [0.15, 0.2) is 11.6 Å². The van der Waals surface area contributed by atoms with E-state index in [4.69, 9.17) is 4.74 Å². The third-order valence-electron chi connectivity index (χ3n) is 2.81. The van der Waals surface area contributed by atoms with Crippen molar-refractivity contribution in [2.45, 2.75) is 20.8 Å². The average molecular weight is 275 g/mol. The molecule has 0 atom stereocenters. The van der Waals surface area contributed by atoms with E-state index in [1.54, 1.807) is 26.8 Å². The smallest absolute Gasteiger partial charge is 0.341 e. The molecule has 0 bridgehead atoms. The number of carboxylic acids is 1. The lowest BCUT2D eigenvalue weighted by atomic mass is 10.1. The van der Waals surface area contributed by atoms with E-state index in [9.17, 15) is 14.3 Å². The second-order valence-corrected chi connectivity index (χ2v) is 4.56. The van der Waals surface area contributed by atoms with E-state index in [2.05, 4.69) is 4.98 Å². The fourth-order valence-corrected chi connectivity index (χ4v) is 1.94. The summed E-state index contributed by atoms with van der Waals surface area (Å²) in [6.45, 7) is 5.10. The third kappa shape index (κ3) is 2.77. The van der Waals surface area contributed by atoms with Crippen molar-refractivity contribution in [3.63, 3.8) is 0 Å². The quantitative estimate of drug-likeness (QED) is 0.929. The molecule has 0 spiro atoms. The Morgan fingerprint density at radius 3 is 2.55 bits per heavy atom. The lowest BCUT2D eigenvalue weighted by Gasteiger charge is -2.12. The standard InChI is InChI=1S/C15H14FNO3/c1-8-4-5-11(16)12(6-8)20-13-7-9(2)17-10(3)14(13)15(18)19/h4-7H,1-3H3,(H,18,19). The molecule has 0 aliphatic rings. The highest BCUT2D eigenvalue weighted by Crippen LogP contribution is 2.30. The lowest BCUT2D eigenvalue weighted by Crippen LogP contribution is -2.06. The summed E-state index contributed by atoms with van der Waals surface area (Å²) in [5.41, 5.74) is 1.70. The summed E-state index contributed by atoms with van der Waals surface area (Å²) in [6, 6.07) is 5.90. The number of rotatable bonds is 3. The predicted molar refractivity (Wildman–Crippen MR) is 71.9 cm³/mol. The van der Waals surface area contributed by atoms with Crippen molar-refractivity contribution in [1.29, 1.82) is 0 Å². The summed E-state index contributed by atoms with van der Waals surface area (Å²) < 4.78 is 19.1. The largest absolute Gasteiger partial charge is 0.477 e. The number of ether oxygens (including phenoxy) is 1. The Morgan fingerprint density at radius 1 is 1.20 bits per heavy atom. The van der Waals surface area contributed by atoms with Crippen LogP contribution in [-0.2, 0) is 0 Å². The molecule has 4 nitrogen and oxygen atoms in total. The molecule has 0 aliphatic carbocycles. The van der Waals surface area contributed by atoms with Crippen molar-refractivity contribution in [3.05, 3.63) is 52.6 Å². The van der Waals surface area contributed by atoms with Crippen LogP contribution in [0.5, 0.6) is 11.5 Å². The second-order valence-electron chi connectivity index (χ2n) is 4.56. The van der Waals surface area contributed by atoms with Crippen molar-refractivity contribution < 1.29 is 19.0 Å². The van der Waals surface area contributed by atoms with Crippen LogP contribution in [-0.4, -0.2) is 16.1 Å². The van der Waals surface area contributed by atoms with E-state index < -0.39 is 11.8 Å². The first kappa shape index (κ1) is 14.0. The van der Waals surface area contributed by atoms with Crippen LogP contribution in [0.1, 0.15) is 27.3 Å². The second kappa shape index (κ2) is 5.28. The van der Waals surface area contributed by atoms with Crippen LogP contribution in [0.4, 0.5) is 4.39 Å². The van der Waals surface area contributed by atoms with Crippen LogP contribution >= 0.6 is 0 Å². The van der Waals surface area contributed by atoms with Crippen molar-refractivity contribution in [3.8, 4) is 11.5 Å². The Balaban J connectivity index is 2.53. The van der Waals surface area contributed by atoms with Crippen LogP contribution in [0.25, 0.3) is 0 Å². The van der Waals surface area contributed by atoms with Gasteiger partial charge in [-0.25, -0.2) is 9.18 Å². The molecule has 0 saturated carbocycles. The minimum atomic E-state index is -1.15. The molecule has 0 aliphatic heterocycles. The van der Waals surface area contributed by atoms with Crippen LogP contribution in [0.2, 0.25) is 0 Å². The molecule has 1 heterocycles. The first-order chi connectivity index (χ1) is 9.38. The van der Waals surface area contributed by atoms with Gasteiger partial charge in [0.1, 0.15) is 11.3 Å². The zero-order valence-electron chi connectivity index (χ0n) is 11.4. The molecule has 2 aromatic rings. The van der Waals surface area contributed by atoms with Gasteiger partial charge in [-0.15, -0.1) is 0 Å². The monoisotopic (exact) mass is 275 g/mol. The van der Waals surface area contributed by atoms with Gasteiger partial charge in [0.05, 0.1) is 5.69 Å². The van der Waals surface area contributed by atoms with Crippen molar-refractivity contribution in [2.75, 3.05) is 0 Å². The Bertz CT molecular complexity index is 683. The summed E-state index contributed by atoms with van der Waals surface area (Å²) >= 11 is 0. The minimum absolute atomic E-state index is 0.00231. The number of hydrogen-bond acceptors (Lipinski definition) is 3. The van der Waals surface area contributed by atoms with Crippen LogP contribution in [0.15, 0.2) is 24.3 Å². The van der Waals surface area contributed by atoms with Crippen molar-refractivity contribution in [2.24, 2.45) is 0 Å². The Labute approximate surface area is 115 Å². The number of nitrogens with zero attached hydrogens (tertiary/aromatic N) is 1. The normalized spacial score (nSPS) is 10.4. The van der Waals surface area contributed by atoms with Gasteiger partial charge in [0.25, 0.3) is 0 Å². The molecule has 0 saturated heterocycles. The highest BCUT2D eigenvalue weighted by molar-refractivity contribution is 5.92. The Kier molecular flexibility index (Phi) is 3.70. The van der Waals surface area contributed by atoms with E-state index in [1.165, 1.54) is 18.2 Å². The zero-order chi connectivity index (χ0) is 14.9. The third-order valence-corrected chi connectivity index (χ3v) is 2.81. The number of halogens is 1. The SMILES string of the molecule is Cc1ccc(F)c(Oc2cc(C)nc(C)c2C(=O)O)c1. The van der Waals surface area contributed by atoms with E-state index in [-0.39, 0.29) is 17.1 Å². The highest BCUT2D eigenvalue weighted by Gasteiger charge is 2.18. The predicted octanol–water partition coefficient (Wildman–Crippen LogP) is 3.64. The van der Waals surface area contributed by atoms with Gasteiger partial charge < -0.3 is 9.84 Å². The maximum Gasteiger partial charge on any atom is 0.341 e. The highest BCUT2D eigenvalue weighted by atomic mass is 19.1. The molecular weight excluding hydrogens is 261 g/mol. The summed E-state index contributed by atoms with van der Waals surface area (Å²) in [5.74, 6) is -1.61. The summed E-state index contributed by atoms with van der Waals surface area (Å²) in [7, 11) is 0. The van der Waals surface area contributed by atoms with E-state index in [0.29, 0.717) is 11.4 Å². The fraction of sp³-hybridized carbons (Fsp3) is 0.200. The van der Waals surface area contributed by atoms with Crippen LogP contribution < -0.4 is 4.74 Å². The van der Waals surface area contributed by atoms with Gasteiger partial charge in [0, 0.05) is 11.8 Å². The Hall–Kier alpha value is -2.43. The van der Waals surface area contributed by atoms with Crippen molar-refractivity contribution >= 4 is 5.97 Å². The Morgan fingerprint density at radius 2 is 1.90 bits per heavy atom. The molecule has 1 N–H and O–H groups in total. The van der Waals surface area contributed by atoms with Crippen LogP contribution in [0, 0.1) is 26.6 Å². The maximum absolute atomic E-state index is 13.7. The number of aryl methyl sites for hydroxylation is 3. The molecule has 0 fully saturated rings. The molecule has 1 aromatic carbocycles. The van der Waals surface area contributed by atoms with E-state index in [0.717, 1.165) is 5.56 Å². The zero-order valence-corrected chi connectivity index (χ0v) is 11.4. The summed E-state index contributed by atoms with van der Waals surface area (Å²) in [4.78, 5) is 15.4. The number of aromatic carboxylic acids is 1. The molecule has 20 heavy (non-hydrogen) atoms. The number of aromatic nitrogens is 1. The molecule has 0 amide bonds. The topological polar surface area (TPSA) is 59.4 Å². The van der Waals surface area contributed by atoms with E-state index >= 15 is 0 Å².